The van der Waals surface area contributed by atoms with Crippen LogP contribution >= 0.6 is 11.8 Å². The number of nitrogens with zero attached hydrogens (tertiary/aromatic N) is 1. The number of hydrogen-bond acceptors (Lipinski definition) is 6. The molecule has 0 bridgehead atoms. The van der Waals surface area contributed by atoms with Crippen LogP contribution in [0.2, 0.25) is 0 Å². The number of methoxy groups -OCH3 is 2. The van der Waals surface area contributed by atoms with E-state index in [2.05, 4.69) is 5.32 Å². The molecule has 1 aromatic rings. The van der Waals surface area contributed by atoms with Crippen molar-refractivity contribution >= 4 is 11.8 Å². The van der Waals surface area contributed by atoms with Crippen LogP contribution in [-0.4, -0.2) is 31.9 Å². The van der Waals surface area contributed by atoms with E-state index in [4.69, 9.17) is 9.47 Å². The molecule has 1 N–H and O–H groups in total. The van der Waals surface area contributed by atoms with E-state index in [-0.39, 0.29) is 0 Å². The van der Waals surface area contributed by atoms with Crippen LogP contribution in [0.3, 0.4) is 0 Å². The van der Waals surface area contributed by atoms with Crippen molar-refractivity contribution in [1.82, 2.24) is 5.32 Å². The van der Waals surface area contributed by atoms with Crippen molar-refractivity contribution in [3.05, 3.63) is 45.1 Å². The lowest BCUT2D eigenvalue weighted by molar-refractivity contribution is -0.403. The highest BCUT2D eigenvalue weighted by Gasteiger charge is 2.05. The van der Waals surface area contributed by atoms with E-state index in [9.17, 15) is 10.1 Å². The van der Waals surface area contributed by atoms with Crippen molar-refractivity contribution in [1.29, 1.82) is 0 Å². The second-order valence-electron chi connectivity index (χ2n) is 3.85. The molecule has 20 heavy (non-hydrogen) atoms. The van der Waals surface area contributed by atoms with Gasteiger partial charge in [0.15, 0.2) is 11.5 Å². The Morgan fingerprint density at radius 1 is 1.40 bits per heavy atom. The van der Waals surface area contributed by atoms with Crippen LogP contribution in [0.15, 0.2) is 29.4 Å². The van der Waals surface area contributed by atoms with Crippen molar-refractivity contribution < 1.29 is 14.4 Å². The summed E-state index contributed by atoms with van der Waals surface area (Å²) in [7, 11) is 3.18. The first-order chi connectivity index (χ1) is 9.60. The van der Waals surface area contributed by atoms with Gasteiger partial charge >= 0.3 is 0 Å². The first-order valence-corrected chi connectivity index (χ1v) is 7.17. The zero-order valence-electron chi connectivity index (χ0n) is 11.7. The van der Waals surface area contributed by atoms with E-state index in [0.29, 0.717) is 23.1 Å². The molecule has 0 heterocycles. The lowest BCUT2D eigenvalue weighted by Crippen LogP contribution is -2.15. The van der Waals surface area contributed by atoms with Crippen LogP contribution in [0.1, 0.15) is 5.56 Å². The summed E-state index contributed by atoms with van der Waals surface area (Å²) in [5.74, 6) is 1.36. The Bertz CT molecular complexity index is 491. The molecule has 0 aliphatic carbocycles. The summed E-state index contributed by atoms with van der Waals surface area (Å²) in [4.78, 5) is 9.94. The van der Waals surface area contributed by atoms with Gasteiger partial charge in [-0.05, 0) is 30.4 Å². The molecule has 0 aliphatic heterocycles. The number of rotatable bonds is 8. The maximum atomic E-state index is 10.4. The van der Waals surface area contributed by atoms with Gasteiger partial charge in [-0.15, -0.1) is 11.8 Å². The van der Waals surface area contributed by atoms with Gasteiger partial charge in [0.1, 0.15) is 5.03 Å². The molecule has 0 fully saturated rings. The zero-order chi connectivity index (χ0) is 15.0. The van der Waals surface area contributed by atoms with Gasteiger partial charge < -0.3 is 14.8 Å². The summed E-state index contributed by atoms with van der Waals surface area (Å²) in [5.41, 5.74) is 1.07. The Balaban J connectivity index is 2.60. The molecule has 0 unspecified atom stereocenters. The number of nitrogens with one attached hydrogen (secondary N) is 1. The van der Waals surface area contributed by atoms with E-state index < -0.39 is 4.92 Å². The summed E-state index contributed by atoms with van der Waals surface area (Å²) in [6.07, 6.45) is 3.49. The van der Waals surface area contributed by atoms with E-state index in [1.54, 1.807) is 20.5 Å². The average Bonchev–Trinajstić information content (AvgIpc) is 2.45. The maximum Gasteiger partial charge on any atom is 0.263 e. The summed E-state index contributed by atoms with van der Waals surface area (Å²) in [5, 5.41) is 14.0. The fraction of sp³-hybridized carbons (Fsp3) is 0.385. The standard InChI is InChI=1S/C13H18N2O4S/c1-18-11-5-4-10(8-12(11)19-2)6-7-14-13(20-3)9-15(16)17/h4-5,8-9,14H,6-7H2,1-3H3/b13-9-. The second-order valence-corrected chi connectivity index (χ2v) is 4.70. The number of thioether (sulfide) groups is 1. The molecule has 110 valence electrons. The topological polar surface area (TPSA) is 73.6 Å². The van der Waals surface area contributed by atoms with Gasteiger partial charge in [-0.1, -0.05) is 6.07 Å². The van der Waals surface area contributed by atoms with E-state index >= 15 is 0 Å². The third-order valence-corrected chi connectivity index (χ3v) is 3.29. The molecule has 0 atom stereocenters. The Morgan fingerprint density at radius 3 is 2.65 bits per heavy atom. The van der Waals surface area contributed by atoms with E-state index in [1.807, 2.05) is 18.2 Å². The predicted molar refractivity (Wildman–Crippen MR) is 79.8 cm³/mol. The van der Waals surface area contributed by atoms with Crippen molar-refractivity contribution in [2.75, 3.05) is 27.0 Å². The fourth-order valence-electron chi connectivity index (χ4n) is 1.63. The lowest BCUT2D eigenvalue weighted by atomic mass is 10.1. The van der Waals surface area contributed by atoms with Crippen LogP contribution in [0.25, 0.3) is 0 Å². The molecule has 0 saturated carbocycles. The lowest BCUT2D eigenvalue weighted by Gasteiger charge is -2.10. The van der Waals surface area contributed by atoms with Gasteiger partial charge in [-0.25, -0.2) is 0 Å². The SMILES string of the molecule is COc1ccc(CCN/C(=C/[N+](=O)[O-])SC)cc1OC. The van der Waals surface area contributed by atoms with Gasteiger partial charge in [0.2, 0.25) is 0 Å². The van der Waals surface area contributed by atoms with Gasteiger partial charge in [0.25, 0.3) is 6.20 Å². The highest BCUT2D eigenvalue weighted by Crippen LogP contribution is 2.27. The molecule has 7 heteroatoms. The molecule has 0 amide bonds. The predicted octanol–water partition coefficient (Wildman–Crippen LogP) is 2.27. The van der Waals surface area contributed by atoms with Crippen molar-refractivity contribution in [3.8, 4) is 11.5 Å². The Hall–Kier alpha value is -1.89. The van der Waals surface area contributed by atoms with Crippen molar-refractivity contribution in [3.63, 3.8) is 0 Å². The largest absolute Gasteiger partial charge is 0.493 e. The van der Waals surface area contributed by atoms with E-state index in [0.717, 1.165) is 18.2 Å². The summed E-state index contributed by atoms with van der Waals surface area (Å²) < 4.78 is 10.4. The number of ether oxygens (including phenoxy) is 2. The fourth-order valence-corrected chi connectivity index (χ4v) is 2.07. The highest BCUT2D eigenvalue weighted by molar-refractivity contribution is 8.02. The summed E-state index contributed by atoms with van der Waals surface area (Å²) >= 11 is 1.31. The normalized spacial score (nSPS) is 11.1. The second kappa shape index (κ2) is 8.31. The third-order valence-electron chi connectivity index (χ3n) is 2.60. The minimum Gasteiger partial charge on any atom is -0.493 e. The third kappa shape index (κ3) is 5.00. The van der Waals surface area contributed by atoms with E-state index in [1.165, 1.54) is 11.8 Å². The zero-order valence-corrected chi connectivity index (χ0v) is 12.5. The molecular weight excluding hydrogens is 280 g/mol. The molecule has 0 saturated heterocycles. The molecule has 1 rings (SSSR count). The summed E-state index contributed by atoms with van der Waals surface area (Å²) in [6.45, 7) is 0.607. The Morgan fingerprint density at radius 2 is 2.10 bits per heavy atom. The molecule has 6 nitrogen and oxygen atoms in total. The molecule has 0 aliphatic rings. The molecule has 0 aromatic heterocycles. The van der Waals surface area contributed by atoms with Crippen molar-refractivity contribution in [2.24, 2.45) is 0 Å². The van der Waals surface area contributed by atoms with Crippen LogP contribution < -0.4 is 14.8 Å². The number of benzene rings is 1. The van der Waals surface area contributed by atoms with Crippen molar-refractivity contribution in [2.45, 2.75) is 6.42 Å². The minimum atomic E-state index is -0.463. The first kappa shape index (κ1) is 16.2. The van der Waals surface area contributed by atoms with Gasteiger partial charge in [-0.3, -0.25) is 10.1 Å². The summed E-state index contributed by atoms with van der Waals surface area (Å²) in [6, 6.07) is 5.69. The quantitative estimate of drug-likeness (QED) is 0.586. The highest BCUT2D eigenvalue weighted by atomic mass is 32.2. The number of hydrogen-bond donors (Lipinski definition) is 1. The monoisotopic (exact) mass is 298 g/mol. The van der Waals surface area contributed by atoms with Crippen LogP contribution in [0.5, 0.6) is 11.5 Å². The molecule has 0 spiro atoms. The average molecular weight is 298 g/mol. The maximum absolute atomic E-state index is 10.4. The van der Waals surface area contributed by atoms with Gasteiger partial charge in [0, 0.05) is 6.54 Å². The van der Waals surface area contributed by atoms with Gasteiger partial charge in [0.05, 0.1) is 19.1 Å². The smallest absolute Gasteiger partial charge is 0.263 e. The molecular formula is C13H18N2O4S. The van der Waals surface area contributed by atoms with Crippen LogP contribution in [0.4, 0.5) is 0 Å². The van der Waals surface area contributed by atoms with Gasteiger partial charge in [-0.2, -0.15) is 0 Å². The number of nitro groups is 1. The Labute approximate surface area is 122 Å². The van der Waals surface area contributed by atoms with Crippen LogP contribution in [0, 0.1) is 10.1 Å². The Kier molecular flexibility index (Phi) is 6.72. The van der Waals surface area contributed by atoms with Crippen LogP contribution in [-0.2, 0) is 6.42 Å². The molecule has 1 aromatic carbocycles. The minimum absolute atomic E-state index is 0.463. The first-order valence-electron chi connectivity index (χ1n) is 5.94. The molecule has 0 radical (unpaired) electrons.